The summed E-state index contributed by atoms with van der Waals surface area (Å²) in [5, 5.41) is 14.4. The first kappa shape index (κ1) is 17.8. The molecule has 0 aliphatic carbocycles. The second-order valence-corrected chi connectivity index (χ2v) is 7.84. The molecule has 0 radical (unpaired) electrons. The van der Waals surface area contributed by atoms with Gasteiger partial charge in [0, 0.05) is 25.5 Å². The van der Waals surface area contributed by atoms with E-state index >= 15 is 0 Å². The quantitative estimate of drug-likeness (QED) is 0.489. The third kappa shape index (κ3) is 4.00. The summed E-state index contributed by atoms with van der Waals surface area (Å²) in [6, 6.07) is 14.2. The molecule has 25 heavy (non-hydrogen) atoms. The largest absolute Gasteiger partial charge is 0.478 e. The summed E-state index contributed by atoms with van der Waals surface area (Å²) in [5.41, 5.74) is 1.91. The molecule has 1 aromatic heterocycles. The van der Waals surface area contributed by atoms with Crippen LogP contribution < -0.4 is 5.32 Å². The first-order valence-electron chi connectivity index (χ1n) is 7.13. The molecule has 1 heterocycles. The molecule has 3 aromatic rings. The van der Waals surface area contributed by atoms with Gasteiger partial charge in [0.25, 0.3) is 5.91 Å². The van der Waals surface area contributed by atoms with Gasteiger partial charge in [-0.05, 0) is 42.0 Å². The van der Waals surface area contributed by atoms with Crippen molar-refractivity contribution in [1.29, 1.82) is 0 Å². The molecule has 0 spiro atoms. The summed E-state index contributed by atoms with van der Waals surface area (Å²) in [7, 11) is 0. The number of halogens is 2. The highest BCUT2D eigenvalue weighted by Crippen LogP contribution is 2.36. The van der Waals surface area contributed by atoms with Gasteiger partial charge in [-0.1, -0.05) is 44.0 Å². The highest BCUT2D eigenvalue weighted by molar-refractivity contribution is 9.10. The number of benzene rings is 2. The Balaban J connectivity index is 1.94. The van der Waals surface area contributed by atoms with Crippen LogP contribution in [0.3, 0.4) is 0 Å². The van der Waals surface area contributed by atoms with E-state index in [1.807, 2.05) is 24.3 Å². The highest BCUT2D eigenvalue weighted by atomic mass is 79.9. The van der Waals surface area contributed by atoms with Gasteiger partial charge in [-0.3, -0.25) is 4.79 Å². The number of hydrogen-bond acceptors (Lipinski definition) is 3. The van der Waals surface area contributed by atoms with Gasteiger partial charge in [0.05, 0.1) is 0 Å². The number of anilines is 1. The standard InChI is InChI=1S/C18H11Br2NO3S/c19-12-5-1-10(2-6-12)14-9-25-17(15(14)18(23)24)21-16(22)11-3-7-13(20)8-4-11/h1-9H,(H,21,22)(H,23,24). The van der Waals surface area contributed by atoms with Crippen molar-refractivity contribution < 1.29 is 14.7 Å². The summed E-state index contributed by atoms with van der Waals surface area (Å²) >= 11 is 7.87. The average molecular weight is 481 g/mol. The van der Waals surface area contributed by atoms with Crippen molar-refractivity contribution in [2.45, 2.75) is 0 Å². The number of carbonyl (C=O) groups is 2. The molecule has 3 rings (SSSR count). The highest BCUT2D eigenvalue weighted by Gasteiger charge is 2.21. The normalized spacial score (nSPS) is 10.5. The Morgan fingerprint density at radius 3 is 2.04 bits per heavy atom. The lowest BCUT2D eigenvalue weighted by Gasteiger charge is -2.06. The molecule has 0 saturated heterocycles. The Morgan fingerprint density at radius 2 is 1.48 bits per heavy atom. The lowest BCUT2D eigenvalue weighted by molar-refractivity contribution is 0.0699. The topological polar surface area (TPSA) is 66.4 Å². The molecule has 2 aromatic carbocycles. The first-order valence-corrected chi connectivity index (χ1v) is 9.60. The van der Waals surface area contributed by atoms with Crippen LogP contribution in [-0.2, 0) is 0 Å². The van der Waals surface area contributed by atoms with Crippen LogP contribution in [0.15, 0.2) is 62.9 Å². The van der Waals surface area contributed by atoms with Crippen LogP contribution in [0.2, 0.25) is 0 Å². The van der Waals surface area contributed by atoms with Gasteiger partial charge in [-0.15, -0.1) is 11.3 Å². The molecule has 0 unspecified atom stereocenters. The number of hydrogen-bond donors (Lipinski definition) is 2. The lowest BCUT2D eigenvalue weighted by Crippen LogP contribution is -2.13. The van der Waals surface area contributed by atoms with Crippen LogP contribution >= 0.6 is 43.2 Å². The summed E-state index contributed by atoms with van der Waals surface area (Å²) < 4.78 is 1.77. The summed E-state index contributed by atoms with van der Waals surface area (Å²) in [5.74, 6) is -1.43. The molecule has 126 valence electrons. The molecule has 2 N–H and O–H groups in total. The van der Waals surface area contributed by atoms with E-state index in [4.69, 9.17) is 0 Å². The zero-order chi connectivity index (χ0) is 18.0. The van der Waals surface area contributed by atoms with Crippen molar-refractivity contribution in [3.05, 3.63) is 74.0 Å². The second kappa shape index (κ2) is 7.51. The fourth-order valence-corrected chi connectivity index (χ4v) is 3.77. The number of thiophene rings is 1. The Labute approximate surface area is 164 Å². The van der Waals surface area contributed by atoms with Crippen LogP contribution in [0.4, 0.5) is 5.00 Å². The van der Waals surface area contributed by atoms with Gasteiger partial charge in [0.2, 0.25) is 0 Å². The summed E-state index contributed by atoms with van der Waals surface area (Å²) in [4.78, 5) is 24.1. The minimum Gasteiger partial charge on any atom is -0.478 e. The van der Waals surface area contributed by atoms with Gasteiger partial charge in [0.1, 0.15) is 10.6 Å². The van der Waals surface area contributed by atoms with Crippen LogP contribution in [0, 0.1) is 0 Å². The molecule has 0 atom stereocenters. The maximum Gasteiger partial charge on any atom is 0.339 e. The van der Waals surface area contributed by atoms with E-state index in [0.29, 0.717) is 16.1 Å². The lowest BCUT2D eigenvalue weighted by atomic mass is 10.0. The molecule has 4 nitrogen and oxygen atoms in total. The third-order valence-corrected chi connectivity index (χ3v) is 5.45. The molecule has 7 heteroatoms. The van der Waals surface area contributed by atoms with Gasteiger partial charge in [0.15, 0.2) is 0 Å². The molecule has 0 saturated carbocycles. The number of carboxylic acids is 1. The number of rotatable bonds is 4. The molecule has 0 fully saturated rings. The zero-order valence-electron chi connectivity index (χ0n) is 12.6. The van der Waals surface area contributed by atoms with E-state index in [-0.39, 0.29) is 11.5 Å². The minimum atomic E-state index is -1.08. The molecule has 0 bridgehead atoms. The van der Waals surface area contributed by atoms with Crippen LogP contribution in [0.25, 0.3) is 11.1 Å². The fourth-order valence-electron chi connectivity index (χ4n) is 2.28. The van der Waals surface area contributed by atoms with E-state index in [0.717, 1.165) is 14.5 Å². The summed E-state index contributed by atoms with van der Waals surface area (Å²) in [6.07, 6.45) is 0. The van der Waals surface area contributed by atoms with Crippen molar-refractivity contribution in [3.8, 4) is 11.1 Å². The van der Waals surface area contributed by atoms with Gasteiger partial charge >= 0.3 is 5.97 Å². The molecule has 1 amide bonds. The predicted molar refractivity (Wildman–Crippen MR) is 107 cm³/mol. The first-order chi connectivity index (χ1) is 12.0. The van der Waals surface area contributed by atoms with Crippen LogP contribution in [0.1, 0.15) is 20.7 Å². The molecular formula is C18H11Br2NO3S. The van der Waals surface area contributed by atoms with Crippen molar-refractivity contribution >= 4 is 60.1 Å². The monoisotopic (exact) mass is 479 g/mol. The Hall–Kier alpha value is -1.96. The molecular weight excluding hydrogens is 470 g/mol. The molecule has 0 aliphatic heterocycles. The minimum absolute atomic E-state index is 0.0952. The zero-order valence-corrected chi connectivity index (χ0v) is 16.6. The SMILES string of the molecule is O=C(Nc1scc(-c2ccc(Br)cc2)c1C(=O)O)c1ccc(Br)cc1. The maximum atomic E-state index is 12.4. The molecule has 0 aliphatic rings. The van der Waals surface area contributed by atoms with Crippen molar-refractivity contribution in [1.82, 2.24) is 0 Å². The maximum absolute atomic E-state index is 12.4. The fraction of sp³-hybridized carbons (Fsp3) is 0. The number of aromatic carboxylic acids is 1. The van der Waals surface area contributed by atoms with Crippen molar-refractivity contribution in [3.63, 3.8) is 0 Å². The Bertz CT molecular complexity index is 934. The van der Waals surface area contributed by atoms with E-state index in [1.54, 1.807) is 29.6 Å². The third-order valence-electron chi connectivity index (χ3n) is 3.49. The van der Waals surface area contributed by atoms with E-state index in [2.05, 4.69) is 37.2 Å². The van der Waals surface area contributed by atoms with E-state index in [9.17, 15) is 14.7 Å². The number of amides is 1. The smallest absolute Gasteiger partial charge is 0.339 e. The predicted octanol–water partition coefficient (Wildman–Crippen LogP) is 5.89. The van der Waals surface area contributed by atoms with Crippen LogP contribution in [-0.4, -0.2) is 17.0 Å². The van der Waals surface area contributed by atoms with Crippen molar-refractivity contribution in [2.75, 3.05) is 5.32 Å². The van der Waals surface area contributed by atoms with Crippen molar-refractivity contribution in [2.24, 2.45) is 0 Å². The number of carboxylic acid groups (broad SMARTS) is 1. The van der Waals surface area contributed by atoms with Gasteiger partial charge in [-0.25, -0.2) is 4.79 Å². The van der Waals surface area contributed by atoms with Gasteiger partial charge in [-0.2, -0.15) is 0 Å². The van der Waals surface area contributed by atoms with E-state index < -0.39 is 5.97 Å². The average Bonchev–Trinajstić information content (AvgIpc) is 3.00. The Morgan fingerprint density at radius 1 is 0.920 bits per heavy atom. The van der Waals surface area contributed by atoms with Gasteiger partial charge < -0.3 is 10.4 Å². The second-order valence-electron chi connectivity index (χ2n) is 5.13. The van der Waals surface area contributed by atoms with E-state index in [1.165, 1.54) is 11.3 Å². The van der Waals surface area contributed by atoms with Crippen LogP contribution in [0.5, 0.6) is 0 Å². The summed E-state index contributed by atoms with van der Waals surface area (Å²) in [6.45, 7) is 0. The number of carbonyl (C=O) groups excluding carboxylic acids is 1. The Kier molecular flexibility index (Phi) is 5.36. The number of nitrogens with one attached hydrogen (secondary N) is 1.